The van der Waals surface area contributed by atoms with E-state index in [9.17, 15) is 26.4 Å². The molecule has 6 nitrogen and oxygen atoms in total. The molecule has 0 unspecified atom stereocenters. The largest absolute Gasteiger partial charge is 0.511 e. The van der Waals surface area contributed by atoms with Crippen molar-refractivity contribution in [3.63, 3.8) is 0 Å². The molecule has 0 saturated carbocycles. The highest BCUT2D eigenvalue weighted by molar-refractivity contribution is 7.90. The fraction of sp³-hybridized carbons (Fsp3) is 0.875. The molecule has 1 amide bonds. The maximum Gasteiger partial charge on any atom is 0.511 e. The maximum atomic E-state index is 12.5. The summed E-state index contributed by atoms with van der Waals surface area (Å²) in [5, 5.41) is 2.89. The van der Waals surface area contributed by atoms with Crippen LogP contribution in [0.2, 0.25) is 0 Å². The lowest BCUT2D eigenvalue weighted by Gasteiger charge is -2.33. The Morgan fingerprint density at radius 1 is 1.33 bits per heavy atom. The van der Waals surface area contributed by atoms with E-state index in [0.29, 0.717) is 13.1 Å². The van der Waals surface area contributed by atoms with E-state index in [1.807, 2.05) is 0 Å². The summed E-state index contributed by atoms with van der Waals surface area (Å²) in [6.45, 7) is -0.160. The van der Waals surface area contributed by atoms with Crippen molar-refractivity contribution in [2.75, 3.05) is 19.6 Å². The van der Waals surface area contributed by atoms with Crippen LogP contribution in [0.4, 0.5) is 13.2 Å². The number of primary amides is 1. The molecule has 0 bridgehead atoms. The van der Waals surface area contributed by atoms with E-state index in [4.69, 9.17) is 5.73 Å². The fourth-order valence-electron chi connectivity index (χ4n) is 1.79. The molecule has 0 radical (unpaired) electrons. The number of alkyl halides is 3. The van der Waals surface area contributed by atoms with E-state index >= 15 is 0 Å². The van der Waals surface area contributed by atoms with Crippen molar-refractivity contribution in [2.24, 2.45) is 5.73 Å². The Bertz CT molecular complexity index is 404. The summed E-state index contributed by atoms with van der Waals surface area (Å²) in [5.41, 5.74) is -0.611. The topological polar surface area (TPSA) is 92.5 Å². The highest BCUT2D eigenvalue weighted by Gasteiger charge is 2.52. The Morgan fingerprint density at radius 2 is 1.83 bits per heavy atom. The van der Waals surface area contributed by atoms with Crippen LogP contribution in [-0.2, 0) is 14.8 Å². The zero-order valence-electron chi connectivity index (χ0n) is 9.40. The Labute approximate surface area is 102 Å². The zero-order valence-corrected chi connectivity index (χ0v) is 10.2. The van der Waals surface area contributed by atoms with Gasteiger partial charge in [0.05, 0.1) is 6.54 Å². The van der Waals surface area contributed by atoms with Gasteiger partial charge in [0.1, 0.15) is 0 Å². The molecule has 1 heterocycles. The average Bonchev–Trinajstić information content (AvgIpc) is 2.25. The van der Waals surface area contributed by atoms with Gasteiger partial charge in [-0.1, -0.05) is 0 Å². The summed E-state index contributed by atoms with van der Waals surface area (Å²) < 4.78 is 60.4. The van der Waals surface area contributed by atoms with Crippen LogP contribution in [-0.4, -0.2) is 49.8 Å². The van der Waals surface area contributed by atoms with Crippen LogP contribution < -0.4 is 11.1 Å². The summed E-state index contributed by atoms with van der Waals surface area (Å²) in [6.07, 6.45) is 0.422. The molecule has 1 aliphatic heterocycles. The van der Waals surface area contributed by atoms with Crippen LogP contribution in [0.5, 0.6) is 0 Å². The van der Waals surface area contributed by atoms with Crippen LogP contribution in [0.3, 0.4) is 0 Å². The lowest BCUT2D eigenvalue weighted by atomic mass is 10.1. The minimum atomic E-state index is -5.53. The van der Waals surface area contributed by atoms with Gasteiger partial charge in [0.2, 0.25) is 5.91 Å². The van der Waals surface area contributed by atoms with Gasteiger partial charge in [-0.3, -0.25) is 4.79 Å². The number of nitrogens with one attached hydrogen (secondary N) is 1. The predicted octanol–water partition coefficient (Wildman–Crippen LogP) is -0.625. The van der Waals surface area contributed by atoms with Crippen LogP contribution in [0.1, 0.15) is 12.8 Å². The number of hydrogen-bond donors (Lipinski definition) is 2. The second-order valence-electron chi connectivity index (χ2n) is 3.94. The third-order valence-corrected chi connectivity index (χ3v) is 4.26. The fourth-order valence-corrected chi connectivity index (χ4v) is 2.96. The lowest BCUT2D eigenvalue weighted by Crippen LogP contribution is -2.52. The first-order valence-corrected chi connectivity index (χ1v) is 6.67. The van der Waals surface area contributed by atoms with Gasteiger partial charge in [0, 0.05) is 6.04 Å². The van der Waals surface area contributed by atoms with Gasteiger partial charge >= 0.3 is 15.5 Å². The predicted molar refractivity (Wildman–Crippen MR) is 56.8 cm³/mol. The molecule has 0 aromatic heterocycles. The van der Waals surface area contributed by atoms with Gasteiger partial charge in [0.25, 0.3) is 0 Å². The normalized spacial score (nSPS) is 19.1. The summed E-state index contributed by atoms with van der Waals surface area (Å²) in [7, 11) is -5.53. The molecule has 1 saturated heterocycles. The summed E-state index contributed by atoms with van der Waals surface area (Å²) in [4.78, 5) is 10.8. The monoisotopic (exact) mass is 289 g/mol. The molecule has 18 heavy (non-hydrogen) atoms. The Balaban J connectivity index is 3.01. The number of amides is 1. The number of hydrogen-bond acceptors (Lipinski definition) is 4. The van der Waals surface area contributed by atoms with Crippen LogP contribution >= 0.6 is 0 Å². The van der Waals surface area contributed by atoms with Crippen LogP contribution in [0.25, 0.3) is 0 Å². The Morgan fingerprint density at radius 3 is 2.22 bits per heavy atom. The average molecular weight is 289 g/mol. The van der Waals surface area contributed by atoms with E-state index in [2.05, 4.69) is 5.32 Å². The van der Waals surface area contributed by atoms with E-state index in [1.165, 1.54) is 0 Å². The first-order chi connectivity index (χ1) is 8.16. The quantitative estimate of drug-likeness (QED) is 0.721. The van der Waals surface area contributed by atoms with Crippen molar-refractivity contribution in [3.05, 3.63) is 0 Å². The maximum absolute atomic E-state index is 12.5. The molecule has 0 aliphatic carbocycles. The van der Waals surface area contributed by atoms with Gasteiger partial charge in [-0.2, -0.15) is 17.5 Å². The summed E-state index contributed by atoms with van der Waals surface area (Å²) >= 11 is 0. The molecule has 3 N–H and O–H groups in total. The van der Waals surface area contributed by atoms with Crippen molar-refractivity contribution in [3.8, 4) is 0 Å². The molecule has 0 aromatic rings. The van der Waals surface area contributed by atoms with Gasteiger partial charge in [-0.05, 0) is 25.9 Å². The number of carbonyl (C=O) groups excluding carboxylic acids is 1. The molecular formula is C8H14F3N3O3S. The van der Waals surface area contributed by atoms with Crippen LogP contribution in [0, 0.1) is 0 Å². The molecular weight excluding hydrogens is 275 g/mol. The molecule has 0 atom stereocenters. The van der Waals surface area contributed by atoms with E-state index in [1.54, 1.807) is 0 Å². The van der Waals surface area contributed by atoms with Crippen molar-refractivity contribution >= 4 is 15.9 Å². The number of nitrogens with two attached hydrogens (primary N) is 1. The van der Waals surface area contributed by atoms with Gasteiger partial charge in [-0.15, -0.1) is 0 Å². The highest BCUT2D eigenvalue weighted by Crippen LogP contribution is 2.29. The molecule has 0 spiro atoms. The zero-order chi connectivity index (χ0) is 14.0. The van der Waals surface area contributed by atoms with Crippen LogP contribution in [0.15, 0.2) is 0 Å². The van der Waals surface area contributed by atoms with Gasteiger partial charge in [0.15, 0.2) is 0 Å². The molecule has 10 heteroatoms. The first kappa shape index (κ1) is 15.2. The standard InChI is InChI=1S/C8H14F3N3O3S/c9-8(10,11)18(16,17)14(5-7(12)15)6-1-3-13-4-2-6/h6,13H,1-5H2,(H2,12,15). The number of carbonyl (C=O) groups is 1. The molecule has 0 aromatic carbocycles. The van der Waals surface area contributed by atoms with E-state index in [0.717, 1.165) is 0 Å². The van der Waals surface area contributed by atoms with Crippen molar-refractivity contribution in [1.82, 2.24) is 9.62 Å². The smallest absolute Gasteiger partial charge is 0.369 e. The number of piperidine rings is 1. The summed E-state index contributed by atoms with van der Waals surface area (Å²) in [5.74, 6) is -1.11. The minimum Gasteiger partial charge on any atom is -0.369 e. The lowest BCUT2D eigenvalue weighted by molar-refractivity contribution is -0.118. The molecule has 106 valence electrons. The van der Waals surface area contributed by atoms with Gasteiger partial charge in [-0.25, -0.2) is 8.42 Å². The Kier molecular flexibility index (Phi) is 4.56. The van der Waals surface area contributed by atoms with Crippen molar-refractivity contribution in [1.29, 1.82) is 0 Å². The summed E-state index contributed by atoms with van der Waals surface area (Å²) in [6, 6.07) is -0.856. The molecule has 1 rings (SSSR count). The molecule has 1 fully saturated rings. The number of rotatable bonds is 4. The Hall–Kier alpha value is -0.870. The SMILES string of the molecule is NC(=O)CN(C1CCNCC1)S(=O)(=O)C(F)(F)F. The van der Waals surface area contributed by atoms with E-state index in [-0.39, 0.29) is 17.1 Å². The minimum absolute atomic E-state index is 0.163. The van der Waals surface area contributed by atoms with Gasteiger partial charge < -0.3 is 11.1 Å². The third kappa shape index (κ3) is 3.33. The second-order valence-corrected chi connectivity index (χ2v) is 5.83. The van der Waals surface area contributed by atoms with Crippen molar-refractivity contribution < 1.29 is 26.4 Å². The second kappa shape index (κ2) is 5.41. The number of nitrogens with zero attached hydrogens (tertiary/aromatic N) is 1. The van der Waals surface area contributed by atoms with Crippen molar-refractivity contribution in [2.45, 2.75) is 24.4 Å². The third-order valence-electron chi connectivity index (χ3n) is 2.63. The van der Waals surface area contributed by atoms with E-state index < -0.39 is 34.0 Å². The first-order valence-electron chi connectivity index (χ1n) is 5.23. The number of halogens is 3. The number of sulfonamides is 1. The highest BCUT2D eigenvalue weighted by atomic mass is 32.2. The molecule has 1 aliphatic rings.